The molecule has 25 heavy (non-hydrogen) atoms. The molecular formula is C18H15N3O2S2. The van der Waals surface area contributed by atoms with Gasteiger partial charge in [0.25, 0.3) is 10.0 Å². The summed E-state index contributed by atoms with van der Waals surface area (Å²) in [4.78, 5) is 5.53. The highest BCUT2D eigenvalue weighted by molar-refractivity contribution is 7.94. The lowest BCUT2D eigenvalue weighted by molar-refractivity contribution is 0.603. The number of sulfonamides is 1. The number of nitrogens with zero attached hydrogens (tertiary/aromatic N) is 2. The highest BCUT2D eigenvalue weighted by Crippen LogP contribution is 2.30. The van der Waals surface area contributed by atoms with Gasteiger partial charge in [0, 0.05) is 22.8 Å². The number of benzene rings is 1. The molecule has 0 aliphatic carbocycles. The largest absolute Gasteiger partial charge is 0.306 e. The summed E-state index contributed by atoms with van der Waals surface area (Å²) in [5.41, 5.74) is 2.77. The molecule has 0 saturated heterocycles. The number of imidazole rings is 1. The molecule has 0 atom stereocenters. The van der Waals surface area contributed by atoms with Gasteiger partial charge in [-0.15, -0.1) is 11.3 Å². The van der Waals surface area contributed by atoms with Gasteiger partial charge in [-0.3, -0.25) is 4.72 Å². The number of hydrogen-bond acceptors (Lipinski definition) is 4. The minimum absolute atomic E-state index is 0.301. The van der Waals surface area contributed by atoms with Crippen LogP contribution in [0.15, 0.2) is 71.2 Å². The van der Waals surface area contributed by atoms with Crippen molar-refractivity contribution in [3.05, 3.63) is 71.9 Å². The molecule has 0 aliphatic rings. The Kier molecular flexibility index (Phi) is 3.82. The number of thiophene rings is 1. The molecular weight excluding hydrogens is 354 g/mol. The van der Waals surface area contributed by atoms with E-state index < -0.39 is 10.0 Å². The molecule has 4 aromatic rings. The fourth-order valence-electron chi connectivity index (χ4n) is 2.61. The van der Waals surface area contributed by atoms with Crippen molar-refractivity contribution in [2.24, 2.45) is 0 Å². The molecule has 7 heteroatoms. The molecule has 0 spiro atoms. The van der Waals surface area contributed by atoms with Crippen LogP contribution < -0.4 is 4.72 Å². The lowest BCUT2D eigenvalue weighted by atomic mass is 10.1. The van der Waals surface area contributed by atoms with Crippen molar-refractivity contribution >= 4 is 32.7 Å². The van der Waals surface area contributed by atoms with Crippen LogP contribution in [0.25, 0.3) is 16.9 Å². The number of nitrogens with one attached hydrogen (secondary N) is 1. The van der Waals surface area contributed by atoms with Crippen molar-refractivity contribution in [3.63, 3.8) is 0 Å². The molecule has 0 radical (unpaired) electrons. The van der Waals surface area contributed by atoms with Crippen LogP contribution in [0, 0.1) is 6.92 Å². The van der Waals surface area contributed by atoms with Crippen LogP contribution in [-0.2, 0) is 10.0 Å². The van der Waals surface area contributed by atoms with Gasteiger partial charge in [-0.25, -0.2) is 13.4 Å². The molecule has 3 heterocycles. The standard InChI is InChI=1S/C18H15N3O2S2/c1-13-9-10-18(24-13)25(22,23)20-15-7-3-2-6-14(15)16-12-21-11-5-4-8-17(21)19-16/h2-12,20H,1H3. The van der Waals surface area contributed by atoms with Gasteiger partial charge in [0.1, 0.15) is 9.86 Å². The fraction of sp³-hybridized carbons (Fsp3) is 0.0556. The van der Waals surface area contributed by atoms with Crippen LogP contribution >= 0.6 is 11.3 Å². The van der Waals surface area contributed by atoms with Gasteiger partial charge >= 0.3 is 0 Å². The van der Waals surface area contributed by atoms with Crippen LogP contribution in [0.3, 0.4) is 0 Å². The summed E-state index contributed by atoms with van der Waals surface area (Å²) in [5, 5.41) is 0. The van der Waals surface area contributed by atoms with Gasteiger partial charge in [-0.2, -0.15) is 0 Å². The van der Waals surface area contributed by atoms with Crippen molar-refractivity contribution in [2.75, 3.05) is 4.72 Å². The molecule has 0 saturated carbocycles. The maximum atomic E-state index is 12.6. The van der Waals surface area contributed by atoms with Gasteiger partial charge in [-0.1, -0.05) is 24.3 Å². The molecule has 0 amide bonds. The second-order valence-corrected chi connectivity index (χ2v) is 8.81. The highest BCUT2D eigenvalue weighted by atomic mass is 32.2. The molecule has 0 aliphatic heterocycles. The van der Waals surface area contributed by atoms with E-state index in [1.54, 1.807) is 24.3 Å². The Labute approximate surface area is 149 Å². The highest BCUT2D eigenvalue weighted by Gasteiger charge is 2.19. The van der Waals surface area contributed by atoms with Crippen molar-refractivity contribution < 1.29 is 8.42 Å². The molecule has 0 fully saturated rings. The minimum Gasteiger partial charge on any atom is -0.306 e. The van der Waals surface area contributed by atoms with Crippen molar-refractivity contribution in [1.29, 1.82) is 0 Å². The Morgan fingerprint density at radius 2 is 1.84 bits per heavy atom. The van der Waals surface area contributed by atoms with Crippen LogP contribution in [0.5, 0.6) is 0 Å². The number of aromatic nitrogens is 2. The van der Waals surface area contributed by atoms with Crippen LogP contribution in [0.2, 0.25) is 0 Å². The molecule has 1 aromatic carbocycles. The summed E-state index contributed by atoms with van der Waals surface area (Å²) in [7, 11) is -3.62. The molecule has 0 bridgehead atoms. The van der Waals surface area contributed by atoms with Crippen molar-refractivity contribution in [3.8, 4) is 11.3 Å². The van der Waals surface area contributed by atoms with E-state index in [1.165, 1.54) is 11.3 Å². The maximum Gasteiger partial charge on any atom is 0.271 e. The first-order chi connectivity index (χ1) is 12.0. The maximum absolute atomic E-state index is 12.6. The fourth-order valence-corrected chi connectivity index (χ4v) is 4.97. The zero-order chi connectivity index (χ0) is 17.4. The lowest BCUT2D eigenvalue weighted by Gasteiger charge is -2.10. The Hall–Kier alpha value is -2.64. The third-order valence-corrected chi connectivity index (χ3v) is 6.65. The third kappa shape index (κ3) is 3.04. The number of anilines is 1. The Morgan fingerprint density at radius 3 is 2.60 bits per heavy atom. The van der Waals surface area contributed by atoms with Gasteiger partial charge in [-0.05, 0) is 37.3 Å². The van der Waals surface area contributed by atoms with E-state index in [9.17, 15) is 8.42 Å². The van der Waals surface area contributed by atoms with Crippen LogP contribution in [-0.4, -0.2) is 17.8 Å². The number of aryl methyl sites for hydroxylation is 1. The van der Waals surface area contributed by atoms with E-state index in [2.05, 4.69) is 9.71 Å². The van der Waals surface area contributed by atoms with E-state index in [-0.39, 0.29) is 0 Å². The summed E-state index contributed by atoms with van der Waals surface area (Å²) >= 11 is 1.25. The second kappa shape index (κ2) is 6.02. The van der Waals surface area contributed by atoms with Gasteiger partial charge in [0.05, 0.1) is 11.4 Å². The average molecular weight is 369 g/mol. The number of rotatable bonds is 4. The third-order valence-electron chi connectivity index (χ3n) is 3.79. The zero-order valence-corrected chi connectivity index (χ0v) is 15.0. The number of pyridine rings is 1. The predicted molar refractivity (Wildman–Crippen MR) is 100 cm³/mol. The average Bonchev–Trinajstić information content (AvgIpc) is 3.21. The first-order valence-electron chi connectivity index (χ1n) is 7.65. The quantitative estimate of drug-likeness (QED) is 0.587. The summed E-state index contributed by atoms with van der Waals surface area (Å²) in [6.45, 7) is 1.88. The first-order valence-corrected chi connectivity index (χ1v) is 9.95. The van der Waals surface area contributed by atoms with Crippen LogP contribution in [0.4, 0.5) is 5.69 Å². The monoisotopic (exact) mass is 369 g/mol. The summed E-state index contributed by atoms with van der Waals surface area (Å²) in [5.74, 6) is 0. The summed E-state index contributed by atoms with van der Waals surface area (Å²) in [6, 6.07) is 16.4. The SMILES string of the molecule is Cc1ccc(S(=O)(=O)Nc2ccccc2-c2cn3ccccc3n2)s1. The van der Waals surface area contributed by atoms with E-state index in [4.69, 9.17) is 0 Å². The predicted octanol–water partition coefficient (Wildman–Crippen LogP) is 4.17. The van der Waals surface area contributed by atoms with Crippen molar-refractivity contribution in [2.45, 2.75) is 11.1 Å². The number of hydrogen-bond donors (Lipinski definition) is 1. The van der Waals surface area contributed by atoms with E-state index >= 15 is 0 Å². The Morgan fingerprint density at radius 1 is 1.04 bits per heavy atom. The normalized spacial score (nSPS) is 11.7. The molecule has 1 N–H and O–H groups in total. The molecule has 0 unspecified atom stereocenters. The molecule has 126 valence electrons. The Balaban J connectivity index is 1.77. The van der Waals surface area contributed by atoms with Gasteiger partial charge < -0.3 is 4.40 Å². The number of fused-ring (bicyclic) bond motifs is 1. The van der Waals surface area contributed by atoms with E-state index in [1.807, 2.05) is 54.0 Å². The topological polar surface area (TPSA) is 63.5 Å². The summed E-state index contributed by atoms with van der Waals surface area (Å²) < 4.78 is 30.2. The van der Waals surface area contributed by atoms with Gasteiger partial charge in [0.2, 0.25) is 0 Å². The second-order valence-electron chi connectivity index (χ2n) is 5.61. The molecule has 5 nitrogen and oxygen atoms in total. The minimum atomic E-state index is -3.62. The molecule has 3 aromatic heterocycles. The first kappa shape index (κ1) is 15.9. The molecule has 4 rings (SSSR count). The van der Waals surface area contributed by atoms with E-state index in [0.717, 1.165) is 16.1 Å². The van der Waals surface area contributed by atoms with E-state index in [0.29, 0.717) is 15.6 Å². The lowest BCUT2D eigenvalue weighted by Crippen LogP contribution is -2.12. The number of para-hydroxylation sites is 1. The van der Waals surface area contributed by atoms with Gasteiger partial charge in [0.15, 0.2) is 0 Å². The Bertz CT molecular complexity index is 1130. The van der Waals surface area contributed by atoms with Crippen molar-refractivity contribution in [1.82, 2.24) is 9.38 Å². The zero-order valence-electron chi connectivity index (χ0n) is 13.4. The summed E-state index contributed by atoms with van der Waals surface area (Å²) in [6.07, 6.45) is 3.80. The van der Waals surface area contributed by atoms with Crippen LogP contribution in [0.1, 0.15) is 4.88 Å². The smallest absolute Gasteiger partial charge is 0.271 e.